The van der Waals surface area contributed by atoms with Gasteiger partial charge in [-0.2, -0.15) is 5.10 Å². The molecular formula is C28H35N7O2. The van der Waals surface area contributed by atoms with Crippen molar-refractivity contribution in [2.45, 2.75) is 69.9 Å². The van der Waals surface area contributed by atoms with Gasteiger partial charge in [0, 0.05) is 60.5 Å². The minimum atomic E-state index is -0.161. The normalized spacial score (nSPS) is 21.4. The third-order valence-corrected chi connectivity index (χ3v) is 8.30. The molecule has 3 aliphatic rings. The minimum Gasteiger partial charge on any atom is -0.338 e. The number of carbonyl (C=O) groups excluding carboxylic acids is 2. The first-order valence-corrected chi connectivity index (χ1v) is 13.6. The van der Waals surface area contributed by atoms with E-state index in [9.17, 15) is 9.59 Å². The van der Waals surface area contributed by atoms with Gasteiger partial charge in [0.1, 0.15) is 0 Å². The van der Waals surface area contributed by atoms with E-state index in [0.29, 0.717) is 6.54 Å². The largest absolute Gasteiger partial charge is 0.338 e. The van der Waals surface area contributed by atoms with Gasteiger partial charge in [0.15, 0.2) is 0 Å². The zero-order valence-electron chi connectivity index (χ0n) is 21.4. The SMILES string of the molecule is CCNC(=O)N1CCC2(CCn3nc(-c4cnc5cccc(NC(=O)NC6CCCCC6)c5c4)cc32)C1. The summed E-state index contributed by atoms with van der Waals surface area (Å²) in [6.07, 6.45) is 9.50. The van der Waals surface area contributed by atoms with Crippen molar-refractivity contribution in [1.82, 2.24) is 30.3 Å². The van der Waals surface area contributed by atoms with Crippen molar-refractivity contribution in [1.29, 1.82) is 0 Å². The minimum absolute atomic E-state index is 0.0175. The Bertz CT molecular complexity index is 1330. The molecule has 4 heterocycles. The Labute approximate surface area is 217 Å². The number of aryl methyl sites for hydroxylation is 1. The number of urea groups is 2. The zero-order valence-corrected chi connectivity index (χ0v) is 21.4. The van der Waals surface area contributed by atoms with Crippen LogP contribution in [0.4, 0.5) is 15.3 Å². The lowest BCUT2D eigenvalue weighted by atomic mass is 9.82. The van der Waals surface area contributed by atoms with Crippen LogP contribution in [0.3, 0.4) is 0 Å². The molecule has 0 bridgehead atoms. The molecule has 2 aliphatic heterocycles. The maximum Gasteiger partial charge on any atom is 0.319 e. The Morgan fingerprint density at radius 2 is 1.95 bits per heavy atom. The van der Waals surface area contributed by atoms with Gasteiger partial charge in [-0.15, -0.1) is 0 Å². The predicted molar refractivity (Wildman–Crippen MR) is 144 cm³/mol. The zero-order chi connectivity index (χ0) is 25.4. The van der Waals surface area contributed by atoms with Crippen LogP contribution in [0.2, 0.25) is 0 Å². The Balaban J connectivity index is 1.24. The van der Waals surface area contributed by atoms with E-state index in [1.54, 1.807) is 0 Å². The van der Waals surface area contributed by atoms with Crippen LogP contribution >= 0.6 is 0 Å². The third kappa shape index (κ3) is 4.51. The molecule has 3 N–H and O–H groups in total. The summed E-state index contributed by atoms with van der Waals surface area (Å²) in [6.45, 7) is 4.93. The molecule has 4 amide bonds. The van der Waals surface area contributed by atoms with E-state index in [0.717, 1.165) is 73.2 Å². The van der Waals surface area contributed by atoms with Crippen LogP contribution in [0.5, 0.6) is 0 Å². The van der Waals surface area contributed by atoms with Gasteiger partial charge in [0.05, 0.1) is 16.9 Å². The number of benzene rings is 1. The summed E-state index contributed by atoms with van der Waals surface area (Å²) < 4.78 is 2.10. The molecule has 1 spiro atoms. The quantitative estimate of drug-likeness (QED) is 0.485. The van der Waals surface area contributed by atoms with Crippen molar-refractivity contribution in [2.75, 3.05) is 25.0 Å². The van der Waals surface area contributed by atoms with E-state index < -0.39 is 0 Å². The highest BCUT2D eigenvalue weighted by Gasteiger charge is 2.46. The summed E-state index contributed by atoms with van der Waals surface area (Å²) in [5.74, 6) is 0. The lowest BCUT2D eigenvalue weighted by Crippen LogP contribution is -2.40. The third-order valence-electron chi connectivity index (χ3n) is 8.30. The fraction of sp³-hybridized carbons (Fsp3) is 0.500. The van der Waals surface area contributed by atoms with Gasteiger partial charge in [0.25, 0.3) is 0 Å². The molecule has 1 aliphatic carbocycles. The molecule has 1 unspecified atom stereocenters. The van der Waals surface area contributed by atoms with Crippen molar-refractivity contribution in [3.63, 3.8) is 0 Å². The Morgan fingerprint density at radius 3 is 2.78 bits per heavy atom. The van der Waals surface area contributed by atoms with E-state index in [1.807, 2.05) is 36.2 Å². The van der Waals surface area contributed by atoms with Crippen LogP contribution in [0.1, 0.15) is 57.6 Å². The molecule has 1 saturated heterocycles. The first-order valence-electron chi connectivity index (χ1n) is 13.6. The van der Waals surface area contributed by atoms with Crippen molar-refractivity contribution in [3.05, 3.63) is 42.2 Å². The lowest BCUT2D eigenvalue weighted by Gasteiger charge is -2.23. The Kier molecular flexibility index (Phi) is 6.22. The van der Waals surface area contributed by atoms with E-state index >= 15 is 0 Å². The number of rotatable bonds is 4. The molecule has 9 nitrogen and oxygen atoms in total. The van der Waals surface area contributed by atoms with Crippen LogP contribution in [-0.4, -0.2) is 57.4 Å². The second-order valence-corrected chi connectivity index (χ2v) is 10.7. The Hall–Kier alpha value is -3.62. The van der Waals surface area contributed by atoms with E-state index in [2.05, 4.69) is 37.7 Å². The highest BCUT2D eigenvalue weighted by molar-refractivity contribution is 6.01. The highest BCUT2D eigenvalue weighted by atomic mass is 16.2. The second-order valence-electron chi connectivity index (χ2n) is 10.7. The average Bonchev–Trinajstić information content (AvgIpc) is 3.62. The monoisotopic (exact) mass is 501 g/mol. The summed E-state index contributed by atoms with van der Waals surface area (Å²) in [5, 5.41) is 14.9. The van der Waals surface area contributed by atoms with Gasteiger partial charge in [0.2, 0.25) is 0 Å². The summed E-state index contributed by atoms with van der Waals surface area (Å²) >= 11 is 0. The number of hydrogen-bond acceptors (Lipinski definition) is 4. The Morgan fingerprint density at radius 1 is 1.11 bits per heavy atom. The van der Waals surface area contributed by atoms with Crippen LogP contribution in [0.15, 0.2) is 36.5 Å². The molecule has 2 aromatic heterocycles. The van der Waals surface area contributed by atoms with Gasteiger partial charge >= 0.3 is 12.1 Å². The first-order chi connectivity index (χ1) is 18.0. The maximum absolute atomic E-state index is 12.7. The molecule has 0 radical (unpaired) electrons. The topological polar surface area (TPSA) is 104 Å². The molecule has 1 aromatic carbocycles. The molecule has 2 fully saturated rings. The average molecular weight is 502 g/mol. The van der Waals surface area contributed by atoms with Gasteiger partial charge in [-0.1, -0.05) is 25.3 Å². The first kappa shape index (κ1) is 23.8. The second kappa shape index (κ2) is 9.68. The number of anilines is 1. The maximum atomic E-state index is 12.7. The van der Waals surface area contributed by atoms with Gasteiger partial charge < -0.3 is 20.9 Å². The molecule has 1 saturated carbocycles. The van der Waals surface area contributed by atoms with Crippen molar-refractivity contribution in [3.8, 4) is 11.3 Å². The standard InChI is InChI=1S/C28H35N7O2/c1-2-29-27(37)34-13-11-28(18-34)12-14-35-25(28)16-24(33-35)19-15-21-22(30-17-19)9-6-10-23(21)32-26(36)31-20-7-4-3-5-8-20/h6,9-10,15-17,20H,2-5,7-8,11-14,18H2,1H3,(H,29,37)(H2,31,32,36). The van der Waals surface area contributed by atoms with Gasteiger partial charge in [-0.05, 0) is 56.9 Å². The highest BCUT2D eigenvalue weighted by Crippen LogP contribution is 2.44. The summed E-state index contributed by atoms with van der Waals surface area (Å²) in [4.78, 5) is 31.8. The van der Waals surface area contributed by atoms with Crippen molar-refractivity contribution < 1.29 is 9.59 Å². The van der Waals surface area contributed by atoms with Gasteiger partial charge in [-0.3, -0.25) is 9.67 Å². The lowest BCUT2D eigenvalue weighted by molar-refractivity contribution is 0.206. The number of hydrogen-bond donors (Lipinski definition) is 3. The number of aromatic nitrogens is 3. The molecule has 9 heteroatoms. The summed E-state index contributed by atoms with van der Waals surface area (Å²) in [6, 6.07) is 10.1. The number of nitrogens with one attached hydrogen (secondary N) is 3. The van der Waals surface area contributed by atoms with Crippen molar-refractivity contribution in [2.24, 2.45) is 0 Å². The van der Waals surface area contributed by atoms with E-state index in [4.69, 9.17) is 5.10 Å². The number of nitrogens with zero attached hydrogens (tertiary/aromatic N) is 4. The number of likely N-dealkylation sites (tertiary alicyclic amines) is 1. The number of carbonyl (C=O) groups is 2. The van der Waals surface area contributed by atoms with Crippen LogP contribution < -0.4 is 16.0 Å². The smallest absolute Gasteiger partial charge is 0.319 e. The molecular weight excluding hydrogens is 466 g/mol. The number of pyridine rings is 1. The molecule has 37 heavy (non-hydrogen) atoms. The van der Waals surface area contributed by atoms with E-state index in [-0.39, 0.29) is 23.5 Å². The van der Waals surface area contributed by atoms with Gasteiger partial charge in [-0.25, -0.2) is 9.59 Å². The molecule has 1 atom stereocenters. The number of amides is 4. The molecule has 6 rings (SSSR count). The molecule has 194 valence electrons. The summed E-state index contributed by atoms with van der Waals surface area (Å²) in [5.41, 5.74) is 4.54. The van der Waals surface area contributed by atoms with Crippen LogP contribution in [-0.2, 0) is 12.0 Å². The fourth-order valence-electron chi connectivity index (χ4n) is 6.31. The summed E-state index contributed by atoms with van der Waals surface area (Å²) in [7, 11) is 0. The van der Waals surface area contributed by atoms with E-state index in [1.165, 1.54) is 25.0 Å². The fourth-order valence-corrected chi connectivity index (χ4v) is 6.31. The van der Waals surface area contributed by atoms with Crippen LogP contribution in [0.25, 0.3) is 22.2 Å². The number of fused-ring (bicyclic) bond motifs is 3. The van der Waals surface area contributed by atoms with Crippen molar-refractivity contribution >= 4 is 28.7 Å². The van der Waals surface area contributed by atoms with Crippen LogP contribution in [0, 0.1) is 0 Å². The predicted octanol–water partition coefficient (Wildman–Crippen LogP) is 4.63. The molecule has 3 aromatic rings.